The van der Waals surface area contributed by atoms with Gasteiger partial charge in [-0.2, -0.15) is 0 Å². The zero-order valence-corrected chi connectivity index (χ0v) is 67.8. The fourth-order valence-corrected chi connectivity index (χ4v) is 44.9. The minimum Gasteiger partial charge on any atom is -0.463 e. The summed E-state index contributed by atoms with van der Waals surface area (Å²) in [5, 5.41) is 16.7. The van der Waals surface area contributed by atoms with Gasteiger partial charge in [-0.25, -0.2) is 58.9 Å². The summed E-state index contributed by atoms with van der Waals surface area (Å²) < 4.78 is 218. The number of esters is 2. The Hall–Kier alpha value is -1.77. The van der Waals surface area contributed by atoms with Gasteiger partial charge < -0.3 is 52.8 Å². The Kier molecular flexibility index (Phi) is 17.7. The molecule has 21 rings (SSSR count). The first kappa shape index (κ1) is 77.5. The smallest absolute Gasteiger partial charge is 0.302 e. The number of aliphatic hydroxyl groups is 2. The lowest BCUT2D eigenvalue weighted by Gasteiger charge is -2.33. The molecule has 592 valence electrons. The predicted molar refractivity (Wildman–Crippen MR) is 375 cm³/mol. The minimum atomic E-state index is -3.30. The molecule has 104 heavy (non-hydrogen) atoms. The summed E-state index contributed by atoms with van der Waals surface area (Å²) >= 11 is 0. The third-order valence-corrected chi connectivity index (χ3v) is 48.3. The lowest BCUT2D eigenvalue weighted by molar-refractivity contribution is -0.161. The standard InChI is InChI=1S/C14H20O7S.C10H16O5S.C10H16O3S.4C9H14O3S/c1-8-11-5-22(17,18)12-4-13(8,6-19-9(2)15)21-14(11,12)7-20-10(3)16;1-6-7-3-16(13,14)8-2-9(6,4-11)15-10(7,8)5-12;1-6-7-5-14(11,12)8-4-9(6,2)13-10(7,8)3;1-5-6-4-13(10,11)7-3-9(5,2)12-8(6)7;1-5-6-4-13(10,11)8-3-7(5)12-9(6,8)2;1-5-6-3-7-8(12-6)9(5,2)4-13(7,10)11;1-4-6-3-13(10,11)9-5(2)7(4)12-8(6)9/h8,11-12H,4-7H2,1-3H3;6-8,11-12H,2-5H2,1H3;6-8H,4-5H2,1-3H3;3*5-8H,3-4H2,1-2H3;4-9H,3H2,1-2H3. The van der Waals surface area contributed by atoms with Crippen LogP contribution in [0.25, 0.3) is 0 Å². The highest BCUT2D eigenvalue weighted by Gasteiger charge is 2.80. The van der Waals surface area contributed by atoms with Crippen LogP contribution in [0.1, 0.15) is 142 Å². The van der Waals surface area contributed by atoms with E-state index in [4.69, 9.17) is 42.6 Å². The maximum atomic E-state index is 12.4. The maximum absolute atomic E-state index is 12.4. The van der Waals surface area contributed by atoms with Gasteiger partial charge in [0.15, 0.2) is 68.9 Å². The van der Waals surface area contributed by atoms with Gasteiger partial charge in [0.2, 0.25) is 0 Å². The van der Waals surface area contributed by atoms with Gasteiger partial charge in [-0.1, -0.05) is 62.3 Å². The Balaban J connectivity index is 0.0000000984. The Morgan fingerprint density at radius 2 is 0.971 bits per heavy atom. The van der Waals surface area contributed by atoms with Gasteiger partial charge in [0.25, 0.3) is 0 Å². The molecule has 0 saturated carbocycles. The Morgan fingerprint density at radius 3 is 1.50 bits per heavy atom. The number of hydrogen-bond acceptors (Lipinski definition) is 27. The lowest BCUT2D eigenvalue weighted by Crippen LogP contribution is -2.48. The monoisotopic (exact) mass is 1600 g/mol. The molecule has 36 unspecified atom stereocenters. The van der Waals surface area contributed by atoms with E-state index < -0.39 is 114 Å². The number of carbonyl (C=O) groups is 2. The lowest BCUT2D eigenvalue weighted by atomic mass is 9.68. The molecule has 27 nitrogen and oxygen atoms in total. The molecule has 36 atom stereocenters. The fraction of sp³-hybridized carbons (Fsp3) is 0.971. The number of rotatable bonds is 6. The molecular weight excluding hydrogens is 1500 g/mol. The molecule has 0 aromatic carbocycles. The van der Waals surface area contributed by atoms with Gasteiger partial charge in [-0.05, 0) is 108 Å². The van der Waals surface area contributed by atoms with Crippen molar-refractivity contribution in [2.45, 2.75) is 261 Å². The van der Waals surface area contributed by atoms with Crippen LogP contribution in [-0.4, -0.2) is 266 Å². The van der Waals surface area contributed by atoms with Crippen LogP contribution < -0.4 is 0 Å². The fourth-order valence-electron chi connectivity index (χ4n) is 25.8. The van der Waals surface area contributed by atoms with Gasteiger partial charge in [0.05, 0.1) is 155 Å². The highest BCUT2D eigenvalue weighted by Crippen LogP contribution is 2.68. The first-order valence-corrected chi connectivity index (χ1v) is 49.5. The Morgan fingerprint density at radius 1 is 0.423 bits per heavy atom. The van der Waals surface area contributed by atoms with Crippen molar-refractivity contribution in [1.29, 1.82) is 0 Å². The topological polar surface area (TPSA) is 397 Å². The van der Waals surface area contributed by atoms with E-state index in [1.165, 1.54) is 13.8 Å². The number of ether oxygens (including phenoxy) is 9. The first-order chi connectivity index (χ1) is 47.7. The van der Waals surface area contributed by atoms with Crippen LogP contribution in [0.2, 0.25) is 0 Å². The second kappa shape index (κ2) is 23.7. The zero-order chi connectivity index (χ0) is 76.1. The Bertz CT molecular complexity index is 4410. The largest absolute Gasteiger partial charge is 0.463 e. The molecule has 0 aromatic heterocycles. The van der Waals surface area contributed by atoms with Crippen molar-refractivity contribution >= 4 is 80.8 Å². The van der Waals surface area contributed by atoms with Crippen molar-refractivity contribution in [3.05, 3.63) is 0 Å². The average molecular weight is 1610 g/mol. The molecule has 21 saturated heterocycles. The quantitative estimate of drug-likeness (QED) is 0.360. The van der Waals surface area contributed by atoms with Gasteiger partial charge in [0.1, 0.15) is 30.0 Å². The summed E-state index contributed by atoms with van der Waals surface area (Å²) in [5.74, 6) is 3.76. The maximum Gasteiger partial charge on any atom is 0.302 e. The molecule has 0 aromatic rings. The van der Waals surface area contributed by atoms with E-state index in [-0.39, 0.29) is 188 Å². The molecule has 21 fully saturated rings. The molecule has 0 aliphatic carbocycles. The van der Waals surface area contributed by atoms with Gasteiger partial charge >= 0.3 is 11.9 Å². The molecule has 14 bridgehead atoms. The summed E-state index contributed by atoms with van der Waals surface area (Å²) in [4.78, 5) is 22.3. The van der Waals surface area contributed by atoms with Crippen LogP contribution in [0, 0.1) is 88.3 Å². The van der Waals surface area contributed by atoms with Crippen molar-refractivity contribution in [3.63, 3.8) is 0 Å². The van der Waals surface area contributed by atoms with Crippen LogP contribution in [0.3, 0.4) is 0 Å². The molecule has 2 N–H and O–H groups in total. The van der Waals surface area contributed by atoms with Crippen LogP contribution in [0.5, 0.6) is 0 Å². The van der Waals surface area contributed by atoms with Crippen LogP contribution in [0.15, 0.2) is 0 Å². The number of sulfone groups is 7. The van der Waals surface area contributed by atoms with E-state index >= 15 is 0 Å². The van der Waals surface area contributed by atoms with Crippen molar-refractivity contribution in [2.24, 2.45) is 88.3 Å². The molecule has 21 aliphatic heterocycles. The number of fused-ring (bicyclic) bond motifs is 7. The summed E-state index contributed by atoms with van der Waals surface area (Å²) in [5.41, 5.74) is -4.64. The van der Waals surface area contributed by atoms with Crippen molar-refractivity contribution in [1.82, 2.24) is 0 Å². The zero-order valence-electron chi connectivity index (χ0n) is 62.1. The van der Waals surface area contributed by atoms with E-state index in [2.05, 4.69) is 55.4 Å². The van der Waals surface area contributed by atoms with E-state index in [1.807, 2.05) is 34.6 Å². The summed E-state index contributed by atoms with van der Waals surface area (Å²) in [7, 11) is -20.7. The molecule has 34 heteroatoms. The number of aliphatic hydroxyl groups excluding tert-OH is 2. The van der Waals surface area contributed by atoms with Crippen LogP contribution in [-0.2, 0) is 121 Å². The van der Waals surface area contributed by atoms with Crippen molar-refractivity contribution < 1.29 is 121 Å². The molecule has 21 aliphatic rings. The molecular formula is C70H108O27S7. The highest BCUT2D eigenvalue weighted by molar-refractivity contribution is 7.94. The normalized spacial score (nSPS) is 57.5. The van der Waals surface area contributed by atoms with Crippen molar-refractivity contribution in [2.75, 3.05) is 66.7 Å². The van der Waals surface area contributed by atoms with Gasteiger partial charge in [0, 0.05) is 60.7 Å². The summed E-state index contributed by atoms with van der Waals surface area (Å²) in [6, 6.07) is 0. The van der Waals surface area contributed by atoms with Crippen molar-refractivity contribution in [3.8, 4) is 0 Å². The van der Waals surface area contributed by atoms with Crippen LogP contribution in [0.4, 0.5) is 0 Å². The SMILES string of the molecule is CC(=O)OCC12CC3C(COC(C)=O)(O1)C(CS3(=O)=O)C2C.CC1C2CC3C(C)(O2)C1CS3(=O)=O.CC1C2CC3C(O2)C1(C)CS3(=O)=O.CC1C2CS(=O)(=O)C3C(C)C1OC23.CC1C2CS(=O)(=O)C3CC1(C)OC23.CC1C2CS(=O)(=O)C3CC1(C)OC23C.CC1C2CS(=O)(=O)C3CC1(CO)OC23CO. The molecule has 0 spiro atoms. The summed E-state index contributed by atoms with van der Waals surface area (Å²) in [6.45, 7) is 28.8. The molecule has 21 heterocycles. The predicted octanol–water partition coefficient (Wildman–Crippen LogP) is 2.24. The minimum absolute atomic E-state index is 0.00231. The Labute approximate surface area is 613 Å². The highest BCUT2D eigenvalue weighted by atomic mass is 32.2. The first-order valence-electron chi connectivity index (χ1n) is 37.5. The summed E-state index contributed by atoms with van der Waals surface area (Å²) in [6.07, 6.45) is 4.15. The van der Waals surface area contributed by atoms with E-state index in [0.717, 1.165) is 19.3 Å². The molecule has 0 amide bonds. The third kappa shape index (κ3) is 10.5. The van der Waals surface area contributed by atoms with Gasteiger partial charge in [-0.15, -0.1) is 0 Å². The van der Waals surface area contributed by atoms with E-state index in [1.54, 1.807) is 0 Å². The number of carbonyl (C=O) groups excluding carboxylic acids is 2. The van der Waals surface area contributed by atoms with E-state index in [9.17, 15) is 78.7 Å². The second-order valence-electron chi connectivity index (χ2n) is 37.0. The van der Waals surface area contributed by atoms with Crippen LogP contribution >= 0.6 is 0 Å². The second-order valence-corrected chi connectivity index (χ2v) is 52.6. The van der Waals surface area contributed by atoms with E-state index in [0.29, 0.717) is 71.2 Å². The molecule has 0 radical (unpaired) electrons. The average Bonchev–Trinajstić information content (AvgIpc) is 1.57. The third-order valence-electron chi connectivity index (χ3n) is 32.2. The number of hydrogen-bond donors (Lipinski definition) is 2. The van der Waals surface area contributed by atoms with Gasteiger partial charge in [-0.3, -0.25) is 9.59 Å².